The van der Waals surface area contributed by atoms with Gasteiger partial charge in [0.2, 0.25) is 0 Å². The first-order valence-corrected chi connectivity index (χ1v) is 2.97. The topological polar surface area (TPSA) is 34.1 Å². The van der Waals surface area contributed by atoms with Crippen LogP contribution in [-0.2, 0) is 10.7 Å². The Labute approximate surface area is 38.1 Å². The molecule has 0 N–H and O–H groups in total. The van der Waals surface area contributed by atoms with E-state index in [2.05, 4.69) is 0 Å². The quantitative estimate of drug-likeness (QED) is 0.473. The van der Waals surface area contributed by atoms with E-state index >= 15 is 0 Å². The Morgan fingerprint density at radius 1 is 1.33 bits per heavy atom. The summed E-state index contributed by atoms with van der Waals surface area (Å²) in [4.78, 5) is 0. The zero-order chi connectivity index (χ0) is 4.57. The maximum absolute atomic E-state index is 9.76. The third kappa shape index (κ3) is 0.712. The Morgan fingerprint density at radius 3 is 1.83 bits per heavy atom. The first-order chi connectivity index (χ1) is 2.80. The molecule has 0 aromatic heterocycles. The van der Waals surface area contributed by atoms with Crippen LogP contribution >= 0.6 is 0 Å². The van der Waals surface area contributed by atoms with Crippen molar-refractivity contribution in [3.63, 3.8) is 0 Å². The second-order valence-electron chi connectivity index (χ2n) is 1.32. The average Bonchev–Trinajstić information content (AvgIpc) is 2.06. The van der Waals surface area contributed by atoms with Crippen LogP contribution < -0.4 is 0 Å². The highest BCUT2D eigenvalue weighted by Crippen LogP contribution is 2.31. The lowest BCUT2D eigenvalue weighted by Gasteiger charge is -1.63. The second-order valence-corrected chi connectivity index (χ2v) is 2.47. The molecule has 0 aromatic rings. The minimum Gasteiger partial charge on any atom is -0.231 e. The first kappa shape index (κ1) is 4.12. The van der Waals surface area contributed by atoms with E-state index in [1.165, 1.54) is 0 Å². The number of hydrogen-bond donors (Lipinski definition) is 1. The van der Waals surface area contributed by atoms with Crippen molar-refractivity contribution in [1.29, 1.82) is 0 Å². The molecule has 0 spiro atoms. The Hall–Kier alpha value is -0.0500. The van der Waals surface area contributed by atoms with Gasteiger partial charge in [0.1, 0.15) is 10.7 Å². The first-order valence-electron chi connectivity index (χ1n) is 1.80. The van der Waals surface area contributed by atoms with Crippen molar-refractivity contribution in [2.24, 2.45) is 0 Å². The molecule has 0 amide bonds. The number of hydrogen-bond acceptors (Lipinski definition) is 2. The molecule has 6 heavy (non-hydrogen) atoms. The van der Waals surface area contributed by atoms with Crippen molar-refractivity contribution < 1.29 is 8.42 Å². The molecule has 1 aliphatic carbocycles. The van der Waals surface area contributed by atoms with E-state index in [9.17, 15) is 8.42 Å². The molecule has 3 heteroatoms. The van der Waals surface area contributed by atoms with E-state index in [1.54, 1.807) is 0 Å². The van der Waals surface area contributed by atoms with Gasteiger partial charge in [-0.05, 0) is 12.8 Å². The fourth-order valence-electron chi connectivity index (χ4n) is 0.238. The lowest BCUT2D eigenvalue weighted by atomic mass is 11.0. The Morgan fingerprint density at radius 2 is 1.83 bits per heavy atom. The molecule has 0 heterocycles. The SMILES string of the molecule is O=[SH](=O)[C]1CC1. The van der Waals surface area contributed by atoms with Crippen LogP contribution in [0.15, 0.2) is 0 Å². The van der Waals surface area contributed by atoms with Crippen LogP contribution in [0.1, 0.15) is 12.8 Å². The largest absolute Gasteiger partial charge is 0.231 e. The predicted molar refractivity (Wildman–Crippen MR) is 22.8 cm³/mol. The summed E-state index contributed by atoms with van der Waals surface area (Å²) >= 11 is 0. The van der Waals surface area contributed by atoms with E-state index in [1.807, 2.05) is 0 Å². The number of thiol groups is 1. The van der Waals surface area contributed by atoms with Gasteiger partial charge in [-0.15, -0.1) is 0 Å². The van der Waals surface area contributed by atoms with Gasteiger partial charge in [-0.1, -0.05) is 0 Å². The summed E-state index contributed by atoms with van der Waals surface area (Å²) in [6.07, 6.45) is 1.64. The Bertz CT molecular complexity index is 104. The smallest absolute Gasteiger partial charge is 0.147 e. The van der Waals surface area contributed by atoms with E-state index < -0.39 is 10.7 Å². The molecule has 0 bridgehead atoms. The van der Waals surface area contributed by atoms with Crippen molar-refractivity contribution >= 4 is 10.7 Å². The maximum Gasteiger partial charge on any atom is 0.147 e. The lowest BCUT2D eigenvalue weighted by Crippen LogP contribution is -1.68. The molecule has 1 rings (SSSR count). The van der Waals surface area contributed by atoms with Gasteiger partial charge in [0.05, 0.1) is 5.25 Å². The normalized spacial score (nSPS) is 22.2. The van der Waals surface area contributed by atoms with E-state index in [0.717, 1.165) is 12.8 Å². The van der Waals surface area contributed by atoms with E-state index in [4.69, 9.17) is 0 Å². The molecule has 35 valence electrons. The summed E-state index contributed by atoms with van der Waals surface area (Å²) in [6.45, 7) is 0. The van der Waals surface area contributed by atoms with Gasteiger partial charge in [0.15, 0.2) is 0 Å². The average molecular weight is 105 g/mol. The van der Waals surface area contributed by atoms with Crippen LogP contribution in [0.2, 0.25) is 0 Å². The van der Waals surface area contributed by atoms with E-state index in [0.29, 0.717) is 5.25 Å². The van der Waals surface area contributed by atoms with Crippen molar-refractivity contribution in [2.75, 3.05) is 0 Å². The molecule has 0 saturated heterocycles. The Kier molecular flexibility index (Phi) is 0.839. The summed E-state index contributed by atoms with van der Waals surface area (Å²) < 4.78 is 19.5. The summed E-state index contributed by atoms with van der Waals surface area (Å²) in [6, 6.07) is 0. The zero-order valence-corrected chi connectivity index (χ0v) is 4.07. The van der Waals surface area contributed by atoms with E-state index in [-0.39, 0.29) is 0 Å². The minimum atomic E-state index is -2.13. The Balaban J connectivity index is 2.52. The molecule has 1 aliphatic rings. The van der Waals surface area contributed by atoms with Crippen LogP contribution in [0.3, 0.4) is 0 Å². The highest BCUT2D eigenvalue weighted by molar-refractivity contribution is 7.76. The minimum absolute atomic E-state index is 0.713. The van der Waals surface area contributed by atoms with Gasteiger partial charge in [0, 0.05) is 0 Å². The summed E-state index contributed by atoms with van der Waals surface area (Å²) in [7, 11) is -2.13. The van der Waals surface area contributed by atoms with Gasteiger partial charge in [-0.25, -0.2) is 8.42 Å². The highest BCUT2D eigenvalue weighted by atomic mass is 32.2. The van der Waals surface area contributed by atoms with Gasteiger partial charge in [0.25, 0.3) is 0 Å². The molecule has 0 unspecified atom stereocenters. The maximum atomic E-state index is 9.76. The van der Waals surface area contributed by atoms with Gasteiger partial charge in [-0.3, -0.25) is 0 Å². The molecule has 2 nitrogen and oxygen atoms in total. The standard InChI is InChI=1S/C3H5O2S/c4-6(5)3-1-2-3/h6H,1-2H2. The monoisotopic (exact) mass is 105 g/mol. The zero-order valence-electron chi connectivity index (χ0n) is 3.18. The summed E-state index contributed by atoms with van der Waals surface area (Å²) in [5.41, 5.74) is 0. The second kappa shape index (κ2) is 1.22. The molecule has 0 atom stereocenters. The molecular weight excluding hydrogens is 100 g/mol. The van der Waals surface area contributed by atoms with Gasteiger partial charge in [-0.2, -0.15) is 0 Å². The third-order valence-electron chi connectivity index (χ3n) is 0.732. The molecule has 1 radical (unpaired) electrons. The van der Waals surface area contributed by atoms with Crippen molar-refractivity contribution in [1.82, 2.24) is 0 Å². The summed E-state index contributed by atoms with van der Waals surface area (Å²) in [5.74, 6) is 0. The van der Waals surface area contributed by atoms with Crippen LogP contribution in [0.25, 0.3) is 0 Å². The third-order valence-corrected chi connectivity index (χ3v) is 1.70. The highest BCUT2D eigenvalue weighted by Gasteiger charge is 2.25. The molecule has 1 saturated carbocycles. The number of rotatable bonds is 1. The van der Waals surface area contributed by atoms with Gasteiger partial charge < -0.3 is 0 Å². The van der Waals surface area contributed by atoms with Crippen LogP contribution in [-0.4, -0.2) is 8.42 Å². The van der Waals surface area contributed by atoms with Crippen LogP contribution in [0, 0.1) is 5.25 Å². The van der Waals surface area contributed by atoms with Crippen molar-refractivity contribution in [3.05, 3.63) is 5.25 Å². The molecule has 0 aromatic carbocycles. The lowest BCUT2D eigenvalue weighted by molar-refractivity contribution is 0.618. The van der Waals surface area contributed by atoms with Crippen molar-refractivity contribution in [3.8, 4) is 0 Å². The van der Waals surface area contributed by atoms with Crippen molar-refractivity contribution in [2.45, 2.75) is 12.8 Å². The fraction of sp³-hybridized carbons (Fsp3) is 0.667. The van der Waals surface area contributed by atoms with Gasteiger partial charge >= 0.3 is 0 Å². The fourth-order valence-corrected chi connectivity index (χ4v) is 0.715. The molecule has 0 aliphatic heterocycles. The molecule has 1 fully saturated rings. The van der Waals surface area contributed by atoms with Crippen LogP contribution in [0.5, 0.6) is 0 Å². The molecular formula is C3H5O2S. The van der Waals surface area contributed by atoms with Crippen LogP contribution in [0.4, 0.5) is 0 Å². The predicted octanol–water partition coefficient (Wildman–Crippen LogP) is -0.0764. The summed E-state index contributed by atoms with van der Waals surface area (Å²) in [5, 5.41) is 0.713.